The number of hydrogen-bond donors (Lipinski definition) is 1. The highest BCUT2D eigenvalue weighted by atomic mass is 19.4. The van der Waals surface area contributed by atoms with Crippen LogP contribution in [-0.2, 0) is 6.18 Å². The minimum atomic E-state index is -4.95. The van der Waals surface area contributed by atoms with Crippen LogP contribution in [0.25, 0.3) is 5.69 Å². The van der Waals surface area contributed by atoms with Crippen molar-refractivity contribution in [2.24, 2.45) is 0 Å². The van der Waals surface area contributed by atoms with Crippen LogP contribution in [0.1, 0.15) is 34.7 Å². The van der Waals surface area contributed by atoms with Gasteiger partial charge >= 0.3 is 6.18 Å². The summed E-state index contributed by atoms with van der Waals surface area (Å²) in [5.74, 6) is -0.815. The average molecular weight is 422 g/mol. The average Bonchev–Trinajstić information content (AvgIpc) is 3.34. The molecule has 0 aliphatic carbocycles. The molecule has 1 atom stereocenters. The summed E-state index contributed by atoms with van der Waals surface area (Å²) in [6, 6.07) is 8.66. The minimum absolute atomic E-state index is 0.0671. The van der Waals surface area contributed by atoms with Crippen molar-refractivity contribution in [3.63, 3.8) is 0 Å². The van der Waals surface area contributed by atoms with Gasteiger partial charge in [0.2, 0.25) is 6.79 Å². The van der Waals surface area contributed by atoms with E-state index in [9.17, 15) is 22.4 Å². The van der Waals surface area contributed by atoms with Crippen molar-refractivity contribution in [2.45, 2.75) is 19.1 Å². The zero-order valence-electron chi connectivity index (χ0n) is 15.4. The van der Waals surface area contributed by atoms with Gasteiger partial charge in [-0.3, -0.25) is 4.79 Å². The van der Waals surface area contributed by atoms with Gasteiger partial charge in [-0.1, -0.05) is 17.3 Å². The van der Waals surface area contributed by atoms with Gasteiger partial charge in [0.1, 0.15) is 5.82 Å². The fourth-order valence-corrected chi connectivity index (χ4v) is 3.01. The zero-order chi connectivity index (χ0) is 21.5. The molecule has 0 spiro atoms. The Hall–Kier alpha value is -3.63. The van der Waals surface area contributed by atoms with E-state index in [1.165, 1.54) is 12.1 Å². The summed E-state index contributed by atoms with van der Waals surface area (Å²) in [7, 11) is 0. The fourth-order valence-electron chi connectivity index (χ4n) is 3.01. The summed E-state index contributed by atoms with van der Waals surface area (Å²) in [4.78, 5) is 12.6. The van der Waals surface area contributed by atoms with E-state index in [2.05, 4.69) is 15.6 Å². The lowest BCUT2D eigenvalue weighted by Gasteiger charge is -2.15. The van der Waals surface area contributed by atoms with E-state index in [4.69, 9.17) is 9.47 Å². The number of alkyl halides is 3. The molecule has 11 heteroatoms. The third-order valence-corrected chi connectivity index (χ3v) is 4.45. The molecule has 0 saturated heterocycles. The van der Waals surface area contributed by atoms with E-state index in [0.717, 1.165) is 12.1 Å². The maximum Gasteiger partial charge on any atom is 0.435 e. The maximum absolute atomic E-state index is 13.7. The predicted octanol–water partition coefficient (Wildman–Crippen LogP) is 3.64. The predicted molar refractivity (Wildman–Crippen MR) is 94.8 cm³/mol. The van der Waals surface area contributed by atoms with Crippen LogP contribution < -0.4 is 14.8 Å². The summed E-state index contributed by atoms with van der Waals surface area (Å²) < 4.78 is 65.4. The van der Waals surface area contributed by atoms with Crippen LogP contribution in [0.5, 0.6) is 11.5 Å². The molecule has 3 aromatic rings. The van der Waals surface area contributed by atoms with E-state index in [1.54, 1.807) is 25.1 Å². The normalized spacial score (nSPS) is 13.9. The van der Waals surface area contributed by atoms with Gasteiger partial charge in [-0.15, -0.1) is 5.10 Å². The Balaban J connectivity index is 1.64. The quantitative estimate of drug-likeness (QED) is 0.650. The van der Waals surface area contributed by atoms with Gasteiger partial charge in [-0.2, -0.15) is 13.2 Å². The number of carbonyl (C=O) groups excluding carboxylic acids is 1. The van der Waals surface area contributed by atoms with Crippen LogP contribution in [0.4, 0.5) is 17.6 Å². The molecule has 1 unspecified atom stereocenters. The Morgan fingerprint density at radius 3 is 2.67 bits per heavy atom. The molecule has 1 amide bonds. The molecule has 2 aromatic carbocycles. The number of carbonyl (C=O) groups is 1. The Labute approximate surface area is 167 Å². The highest BCUT2D eigenvalue weighted by Crippen LogP contribution is 2.35. The standard InChI is InChI=1S/C19H14F4N4O3/c1-10(11-5-6-14-15(7-11)30-9-29-14)24-18(28)16-17(19(21,22)23)27(26-25-16)13-4-2-3-12(20)8-13/h2-8,10H,9H2,1H3,(H,24,28). The molecule has 2 heterocycles. The monoisotopic (exact) mass is 422 g/mol. The van der Waals surface area contributed by atoms with Gasteiger partial charge in [-0.05, 0) is 42.8 Å². The van der Waals surface area contributed by atoms with Crippen LogP contribution in [0.15, 0.2) is 42.5 Å². The Morgan fingerprint density at radius 1 is 1.17 bits per heavy atom. The lowest BCUT2D eigenvalue weighted by atomic mass is 10.1. The molecule has 0 saturated carbocycles. The molecule has 30 heavy (non-hydrogen) atoms. The molecule has 1 aliphatic heterocycles. The smallest absolute Gasteiger partial charge is 0.435 e. The minimum Gasteiger partial charge on any atom is -0.454 e. The first-order valence-electron chi connectivity index (χ1n) is 8.73. The molecule has 1 aliphatic rings. The maximum atomic E-state index is 13.7. The van der Waals surface area contributed by atoms with Crippen molar-refractivity contribution in [1.82, 2.24) is 20.3 Å². The molecule has 7 nitrogen and oxygen atoms in total. The number of aromatic nitrogens is 3. The molecular weight excluding hydrogens is 408 g/mol. The van der Waals surface area contributed by atoms with Crippen LogP contribution in [0, 0.1) is 5.82 Å². The van der Waals surface area contributed by atoms with E-state index in [1.807, 2.05) is 0 Å². The molecule has 0 bridgehead atoms. The number of nitrogens with zero attached hydrogens (tertiary/aromatic N) is 3. The Bertz CT molecular complexity index is 1110. The molecule has 0 radical (unpaired) electrons. The number of amides is 1. The first kappa shape index (κ1) is 19.7. The Kier molecular flexibility index (Phi) is 4.80. The van der Waals surface area contributed by atoms with Crippen molar-refractivity contribution in [1.29, 1.82) is 0 Å². The number of fused-ring (bicyclic) bond motifs is 1. The van der Waals surface area contributed by atoms with Gasteiger partial charge in [0.25, 0.3) is 5.91 Å². The second-order valence-corrected chi connectivity index (χ2v) is 6.48. The fraction of sp³-hybridized carbons (Fsp3) is 0.211. The van der Waals surface area contributed by atoms with E-state index >= 15 is 0 Å². The molecule has 156 valence electrons. The van der Waals surface area contributed by atoms with Crippen molar-refractivity contribution in [2.75, 3.05) is 6.79 Å². The van der Waals surface area contributed by atoms with Crippen LogP contribution in [-0.4, -0.2) is 27.7 Å². The second-order valence-electron chi connectivity index (χ2n) is 6.48. The topological polar surface area (TPSA) is 78.3 Å². The highest BCUT2D eigenvalue weighted by molar-refractivity contribution is 5.93. The third kappa shape index (κ3) is 3.65. The SMILES string of the molecule is CC(NC(=O)c1nnn(-c2cccc(F)c2)c1C(F)(F)F)c1ccc2c(c1)OCO2. The lowest BCUT2D eigenvalue weighted by Crippen LogP contribution is -2.29. The first-order valence-corrected chi connectivity index (χ1v) is 8.73. The molecule has 1 N–H and O–H groups in total. The number of rotatable bonds is 4. The van der Waals surface area contributed by atoms with Gasteiger partial charge in [0.05, 0.1) is 11.7 Å². The number of hydrogen-bond acceptors (Lipinski definition) is 5. The van der Waals surface area contributed by atoms with Crippen molar-refractivity contribution >= 4 is 5.91 Å². The van der Waals surface area contributed by atoms with E-state index in [-0.39, 0.29) is 12.5 Å². The van der Waals surface area contributed by atoms with Gasteiger partial charge in [0, 0.05) is 0 Å². The van der Waals surface area contributed by atoms with Crippen molar-refractivity contribution in [3.05, 3.63) is 65.2 Å². The molecule has 1 aromatic heterocycles. The summed E-state index contributed by atoms with van der Waals surface area (Å²) in [6.07, 6.45) is -4.95. The third-order valence-electron chi connectivity index (χ3n) is 4.45. The van der Waals surface area contributed by atoms with Crippen molar-refractivity contribution < 1.29 is 31.8 Å². The van der Waals surface area contributed by atoms with Gasteiger partial charge in [0.15, 0.2) is 22.9 Å². The largest absolute Gasteiger partial charge is 0.454 e. The highest BCUT2D eigenvalue weighted by Gasteiger charge is 2.42. The summed E-state index contributed by atoms with van der Waals surface area (Å²) in [6.45, 7) is 1.66. The van der Waals surface area contributed by atoms with Gasteiger partial charge in [-0.25, -0.2) is 9.07 Å². The van der Waals surface area contributed by atoms with Crippen LogP contribution >= 0.6 is 0 Å². The number of halogens is 4. The summed E-state index contributed by atoms with van der Waals surface area (Å²) >= 11 is 0. The van der Waals surface area contributed by atoms with Crippen LogP contribution in [0.2, 0.25) is 0 Å². The number of nitrogens with one attached hydrogen (secondary N) is 1. The van der Waals surface area contributed by atoms with Gasteiger partial charge < -0.3 is 14.8 Å². The second kappa shape index (κ2) is 7.32. The first-order chi connectivity index (χ1) is 14.2. The van der Waals surface area contributed by atoms with E-state index in [0.29, 0.717) is 21.7 Å². The summed E-state index contributed by atoms with van der Waals surface area (Å²) in [5, 5.41) is 9.30. The van der Waals surface area contributed by atoms with Crippen LogP contribution in [0.3, 0.4) is 0 Å². The van der Waals surface area contributed by atoms with E-state index < -0.39 is 35.3 Å². The lowest BCUT2D eigenvalue weighted by molar-refractivity contribution is -0.143. The number of ether oxygens (including phenoxy) is 2. The summed E-state index contributed by atoms with van der Waals surface area (Å²) in [5.41, 5.74) is -1.93. The molecule has 0 fully saturated rings. The zero-order valence-corrected chi connectivity index (χ0v) is 15.4. The number of benzene rings is 2. The Morgan fingerprint density at radius 2 is 1.93 bits per heavy atom. The van der Waals surface area contributed by atoms with Crippen molar-refractivity contribution in [3.8, 4) is 17.2 Å². The molecule has 4 rings (SSSR count). The molecular formula is C19H14F4N4O3.